The minimum atomic E-state index is -0.238. The largest absolute Gasteiger partial charge is 0.378 e. The van der Waals surface area contributed by atoms with Crippen LogP contribution < -0.4 is 10.2 Å². The van der Waals surface area contributed by atoms with Crippen molar-refractivity contribution in [2.45, 2.75) is 0 Å². The molecule has 1 aliphatic rings. The number of halogens is 1. The van der Waals surface area contributed by atoms with Crippen molar-refractivity contribution in [3.63, 3.8) is 0 Å². The second-order valence-electron chi connectivity index (χ2n) is 6.24. The van der Waals surface area contributed by atoms with Crippen LogP contribution in [0.2, 0.25) is 5.02 Å². The van der Waals surface area contributed by atoms with Gasteiger partial charge >= 0.3 is 0 Å². The number of nitrogens with zero attached hydrogens (tertiary/aromatic N) is 2. The van der Waals surface area contributed by atoms with Gasteiger partial charge in [0, 0.05) is 35.1 Å². The first-order valence-corrected chi connectivity index (χ1v) is 9.12. The summed E-state index contributed by atoms with van der Waals surface area (Å²) < 4.78 is 5.38. The highest BCUT2D eigenvalue weighted by molar-refractivity contribution is 6.33. The highest BCUT2D eigenvalue weighted by Crippen LogP contribution is 2.29. The Balaban J connectivity index is 1.50. The summed E-state index contributed by atoms with van der Waals surface area (Å²) >= 11 is 6.25. The summed E-state index contributed by atoms with van der Waals surface area (Å²) in [4.78, 5) is 15.0. The third kappa shape index (κ3) is 3.82. The number of morpholine rings is 1. The van der Waals surface area contributed by atoms with Crippen LogP contribution in [0.25, 0.3) is 11.3 Å². The number of aromatic amines is 1. The van der Waals surface area contributed by atoms with Crippen LogP contribution in [-0.2, 0) is 4.74 Å². The summed E-state index contributed by atoms with van der Waals surface area (Å²) in [5.41, 5.74) is 3.63. The summed E-state index contributed by atoms with van der Waals surface area (Å²) in [6.45, 7) is 3.23. The Morgan fingerprint density at radius 2 is 1.85 bits per heavy atom. The monoisotopic (exact) mass is 382 g/mol. The van der Waals surface area contributed by atoms with Gasteiger partial charge in [-0.3, -0.25) is 9.89 Å². The smallest absolute Gasteiger partial charge is 0.259 e. The van der Waals surface area contributed by atoms with Crippen LogP contribution >= 0.6 is 11.6 Å². The molecule has 7 heteroatoms. The third-order valence-corrected chi connectivity index (χ3v) is 4.86. The van der Waals surface area contributed by atoms with Gasteiger partial charge in [0.15, 0.2) is 0 Å². The number of hydrogen-bond acceptors (Lipinski definition) is 4. The molecule has 2 heterocycles. The molecular formula is C20H19ClN4O2. The Labute approximate surface area is 162 Å². The van der Waals surface area contributed by atoms with Crippen LogP contribution in [0.1, 0.15) is 10.4 Å². The highest BCUT2D eigenvalue weighted by Gasteiger charge is 2.17. The molecule has 2 N–H and O–H groups in total. The lowest BCUT2D eigenvalue weighted by molar-refractivity contribution is 0.102. The van der Waals surface area contributed by atoms with E-state index >= 15 is 0 Å². The molecule has 0 bridgehead atoms. The number of anilines is 2. The Kier molecular flexibility index (Phi) is 5.09. The van der Waals surface area contributed by atoms with Crippen LogP contribution in [0.5, 0.6) is 0 Å². The second kappa shape index (κ2) is 7.82. The molecule has 1 aromatic heterocycles. The highest BCUT2D eigenvalue weighted by atomic mass is 35.5. The lowest BCUT2D eigenvalue weighted by Crippen LogP contribution is -2.36. The Bertz CT molecular complexity index is 933. The summed E-state index contributed by atoms with van der Waals surface area (Å²) in [5.74, 6) is -0.238. The minimum absolute atomic E-state index is 0.238. The van der Waals surface area contributed by atoms with E-state index in [0.717, 1.165) is 43.2 Å². The summed E-state index contributed by atoms with van der Waals surface area (Å²) in [5, 5.41) is 10.4. The van der Waals surface area contributed by atoms with Crippen molar-refractivity contribution in [1.29, 1.82) is 0 Å². The van der Waals surface area contributed by atoms with Gasteiger partial charge in [-0.05, 0) is 30.3 Å². The minimum Gasteiger partial charge on any atom is -0.378 e. The first-order chi connectivity index (χ1) is 13.2. The zero-order valence-corrected chi connectivity index (χ0v) is 15.4. The van der Waals surface area contributed by atoms with Gasteiger partial charge in [0.2, 0.25) is 0 Å². The van der Waals surface area contributed by atoms with E-state index < -0.39 is 0 Å². The number of hydrogen-bond donors (Lipinski definition) is 2. The predicted octanol–water partition coefficient (Wildman–Crippen LogP) is 3.82. The fraction of sp³-hybridized carbons (Fsp3) is 0.200. The summed E-state index contributed by atoms with van der Waals surface area (Å²) in [6, 6.07) is 15.2. The first-order valence-electron chi connectivity index (χ1n) is 8.75. The van der Waals surface area contributed by atoms with Crippen molar-refractivity contribution in [3.8, 4) is 11.3 Å². The van der Waals surface area contributed by atoms with E-state index in [0.29, 0.717) is 16.3 Å². The number of nitrogens with one attached hydrogen (secondary N) is 2. The molecular weight excluding hydrogens is 364 g/mol. The van der Waals surface area contributed by atoms with Crippen LogP contribution in [0, 0.1) is 0 Å². The maximum atomic E-state index is 12.7. The molecule has 0 aliphatic carbocycles. The van der Waals surface area contributed by atoms with E-state index in [9.17, 15) is 4.79 Å². The predicted molar refractivity (Wildman–Crippen MR) is 106 cm³/mol. The zero-order valence-electron chi connectivity index (χ0n) is 14.6. The number of H-pyrrole nitrogens is 1. The SMILES string of the molecule is O=C(Nc1ccc(N2CCOCC2)cc1)c1cn[nH]c1-c1ccccc1Cl. The number of ether oxygens (including phenoxy) is 1. The second-order valence-corrected chi connectivity index (χ2v) is 6.65. The van der Waals surface area contributed by atoms with Gasteiger partial charge in [0.1, 0.15) is 0 Å². The van der Waals surface area contributed by atoms with Gasteiger partial charge in [-0.25, -0.2) is 0 Å². The van der Waals surface area contributed by atoms with Gasteiger partial charge in [0.25, 0.3) is 5.91 Å². The fourth-order valence-corrected chi connectivity index (χ4v) is 3.33. The Morgan fingerprint density at radius 3 is 2.59 bits per heavy atom. The molecule has 3 aromatic rings. The Morgan fingerprint density at radius 1 is 1.11 bits per heavy atom. The van der Waals surface area contributed by atoms with Crippen molar-refractivity contribution >= 4 is 28.9 Å². The quantitative estimate of drug-likeness (QED) is 0.719. The molecule has 0 radical (unpaired) electrons. The molecule has 1 fully saturated rings. The van der Waals surface area contributed by atoms with Crippen molar-refractivity contribution in [2.24, 2.45) is 0 Å². The molecule has 0 atom stereocenters. The molecule has 1 amide bonds. The normalized spacial score (nSPS) is 14.2. The fourth-order valence-electron chi connectivity index (χ4n) is 3.10. The van der Waals surface area contributed by atoms with Crippen LogP contribution in [0.4, 0.5) is 11.4 Å². The topological polar surface area (TPSA) is 70.2 Å². The molecule has 27 heavy (non-hydrogen) atoms. The van der Waals surface area contributed by atoms with Crippen molar-refractivity contribution in [3.05, 3.63) is 65.3 Å². The van der Waals surface area contributed by atoms with Gasteiger partial charge in [-0.1, -0.05) is 29.8 Å². The standard InChI is InChI=1S/C20H19ClN4O2/c21-18-4-2-1-3-16(18)19-17(13-22-24-19)20(26)23-14-5-7-15(8-6-14)25-9-11-27-12-10-25/h1-8,13H,9-12H2,(H,22,24)(H,23,26). The van der Waals surface area contributed by atoms with E-state index in [1.807, 2.05) is 42.5 Å². The molecule has 0 unspecified atom stereocenters. The first kappa shape index (κ1) is 17.6. The number of amides is 1. The van der Waals surface area contributed by atoms with E-state index in [2.05, 4.69) is 20.4 Å². The molecule has 1 saturated heterocycles. The van der Waals surface area contributed by atoms with E-state index in [4.69, 9.17) is 16.3 Å². The molecule has 138 valence electrons. The van der Waals surface area contributed by atoms with E-state index in [-0.39, 0.29) is 5.91 Å². The Hall–Kier alpha value is -2.83. The number of rotatable bonds is 4. The number of carbonyl (C=O) groups is 1. The number of carbonyl (C=O) groups excluding carboxylic acids is 1. The molecule has 0 saturated carbocycles. The molecule has 4 rings (SSSR count). The summed E-state index contributed by atoms with van der Waals surface area (Å²) in [7, 11) is 0. The van der Waals surface area contributed by atoms with Crippen molar-refractivity contribution in [1.82, 2.24) is 10.2 Å². The van der Waals surface area contributed by atoms with Crippen molar-refractivity contribution < 1.29 is 9.53 Å². The van der Waals surface area contributed by atoms with E-state index in [1.54, 1.807) is 6.07 Å². The zero-order chi connectivity index (χ0) is 18.6. The maximum Gasteiger partial charge on any atom is 0.259 e. The van der Waals surface area contributed by atoms with Crippen LogP contribution in [0.15, 0.2) is 54.7 Å². The lowest BCUT2D eigenvalue weighted by atomic mass is 10.1. The van der Waals surface area contributed by atoms with Gasteiger partial charge < -0.3 is 15.0 Å². The average Bonchev–Trinajstić information content (AvgIpc) is 3.19. The number of benzene rings is 2. The van der Waals surface area contributed by atoms with Gasteiger partial charge in [0.05, 0.1) is 30.7 Å². The number of aromatic nitrogens is 2. The maximum absolute atomic E-state index is 12.7. The third-order valence-electron chi connectivity index (χ3n) is 4.53. The van der Waals surface area contributed by atoms with Gasteiger partial charge in [-0.15, -0.1) is 0 Å². The molecule has 2 aromatic carbocycles. The van der Waals surface area contributed by atoms with Crippen LogP contribution in [-0.4, -0.2) is 42.4 Å². The van der Waals surface area contributed by atoms with Crippen LogP contribution in [0.3, 0.4) is 0 Å². The van der Waals surface area contributed by atoms with E-state index in [1.165, 1.54) is 6.20 Å². The van der Waals surface area contributed by atoms with Crippen molar-refractivity contribution in [2.75, 3.05) is 36.5 Å². The summed E-state index contributed by atoms with van der Waals surface area (Å²) in [6.07, 6.45) is 1.51. The lowest BCUT2D eigenvalue weighted by Gasteiger charge is -2.28. The molecule has 6 nitrogen and oxygen atoms in total. The van der Waals surface area contributed by atoms with Gasteiger partial charge in [-0.2, -0.15) is 5.10 Å². The average molecular weight is 383 g/mol. The molecule has 0 spiro atoms. The molecule has 1 aliphatic heterocycles.